The SMILES string of the molecule is C=C[C@]1(CC)O[C@@H]2OC(C)(C)O[C@@H]2[C@@H]1C.CC[C@@]1(C=O)O[C@@H]2OC(C)(C)O[C@@H]2[C@@H]1C.CP(Br)(c1ccccc1)(c1ccccc1)c1ccccc1. The summed E-state index contributed by atoms with van der Waals surface area (Å²) in [7, 11) is 0. The van der Waals surface area contributed by atoms with Gasteiger partial charge in [-0.2, -0.15) is 0 Å². The van der Waals surface area contributed by atoms with Crippen molar-refractivity contribution in [3.05, 3.63) is 104 Å². The summed E-state index contributed by atoms with van der Waals surface area (Å²) in [5, 5.41) is 1.48. The molecule has 278 valence electrons. The van der Waals surface area contributed by atoms with Gasteiger partial charge in [0, 0.05) is 11.8 Å². The second-order valence-corrected chi connectivity index (χ2v) is 24.9. The fraction of sp³-hybridized carbons (Fsp3) is 0.500. The van der Waals surface area contributed by atoms with Crippen LogP contribution in [0.25, 0.3) is 0 Å². The number of fused-ring (bicyclic) bond motifs is 2. The predicted molar refractivity (Wildman–Crippen MR) is 210 cm³/mol. The second kappa shape index (κ2) is 14.9. The van der Waals surface area contributed by atoms with Gasteiger partial charge in [-0.05, 0) is 40.5 Å². The normalized spacial score (nSPS) is 33.6. The van der Waals surface area contributed by atoms with Crippen molar-refractivity contribution >= 4 is 43.0 Å². The third-order valence-corrected chi connectivity index (χ3v) is 19.4. The summed E-state index contributed by atoms with van der Waals surface area (Å²) in [5.41, 5.74) is -1.02. The Morgan fingerprint density at radius 2 is 0.961 bits per heavy atom. The maximum atomic E-state index is 11.1. The van der Waals surface area contributed by atoms with Crippen LogP contribution in [0, 0.1) is 11.8 Å². The maximum absolute atomic E-state index is 11.1. The van der Waals surface area contributed by atoms with Crippen molar-refractivity contribution in [1.29, 1.82) is 0 Å². The van der Waals surface area contributed by atoms with E-state index in [1.165, 1.54) is 15.9 Å². The number of carbonyl (C=O) groups is 1. The molecule has 7 nitrogen and oxygen atoms in total. The number of halogens is 1. The molecule has 0 aliphatic carbocycles. The molecule has 51 heavy (non-hydrogen) atoms. The van der Waals surface area contributed by atoms with Gasteiger partial charge in [0.05, 0.1) is 5.60 Å². The van der Waals surface area contributed by atoms with Crippen LogP contribution in [0.1, 0.15) is 68.2 Å². The van der Waals surface area contributed by atoms with E-state index in [2.05, 4.69) is 134 Å². The van der Waals surface area contributed by atoms with Crippen LogP contribution in [-0.2, 0) is 33.2 Å². The molecule has 3 aromatic rings. The molecule has 0 spiro atoms. The first kappa shape index (κ1) is 39.9. The van der Waals surface area contributed by atoms with E-state index in [0.717, 1.165) is 12.7 Å². The summed E-state index contributed by atoms with van der Waals surface area (Å²) in [5.74, 6) is -0.810. The summed E-state index contributed by atoms with van der Waals surface area (Å²) < 4.78 is 34.6. The summed E-state index contributed by atoms with van der Waals surface area (Å²) in [6, 6.07) is 32.3. The van der Waals surface area contributed by atoms with Crippen LogP contribution < -0.4 is 15.9 Å². The molecule has 4 aliphatic rings. The van der Waals surface area contributed by atoms with E-state index in [1.54, 1.807) is 0 Å². The van der Waals surface area contributed by atoms with E-state index >= 15 is 0 Å². The van der Waals surface area contributed by atoms with E-state index in [9.17, 15) is 4.79 Å². The van der Waals surface area contributed by atoms with Crippen molar-refractivity contribution in [3.63, 3.8) is 0 Å². The van der Waals surface area contributed by atoms with Gasteiger partial charge in [0.15, 0.2) is 30.4 Å². The van der Waals surface area contributed by atoms with E-state index in [4.69, 9.17) is 28.4 Å². The van der Waals surface area contributed by atoms with Gasteiger partial charge in [0.2, 0.25) is 0 Å². The fourth-order valence-corrected chi connectivity index (χ4v) is 13.4. The summed E-state index contributed by atoms with van der Waals surface area (Å²) in [6.45, 7) is 21.9. The zero-order valence-electron chi connectivity index (χ0n) is 31.6. The standard InChI is InChI=1S/C19H18BrP.C12H20O3.C11H18O4/c1-21(20,17-11-5-2-6-12-17,18-13-7-3-8-14-18)19-15-9-4-10-16-19;1-6-12(7-2)8(3)9-10(15-12)14-11(4,5)13-9;1-5-11(6-12)7(2)8-9(15-11)14-10(3,4)13-8/h2-16H,1H3;6,8-10H,1,7H2,2-5H3;6-9H,5H2,1-4H3/t;8-,9+,10-,12+;7-,8+,9-,11-/m.00/s1. The number of ether oxygens (including phenoxy) is 6. The van der Waals surface area contributed by atoms with Gasteiger partial charge >= 0.3 is 134 Å². The molecule has 0 radical (unpaired) electrons. The van der Waals surface area contributed by atoms with Crippen molar-refractivity contribution < 1.29 is 33.2 Å². The summed E-state index contributed by atoms with van der Waals surface area (Å²) >= 11 is 4.24. The predicted octanol–water partition coefficient (Wildman–Crippen LogP) is 8.40. The van der Waals surface area contributed by atoms with Gasteiger partial charge in [-0.3, -0.25) is 0 Å². The molecule has 0 aromatic heterocycles. The summed E-state index contributed by atoms with van der Waals surface area (Å²) in [4.78, 5) is 11.1. The average Bonchev–Trinajstić information content (AvgIpc) is 3.78. The Bertz CT molecular complexity index is 1480. The Morgan fingerprint density at radius 3 is 1.25 bits per heavy atom. The van der Waals surface area contributed by atoms with E-state index in [0.29, 0.717) is 6.42 Å². The van der Waals surface area contributed by atoms with Crippen molar-refractivity contribution in [3.8, 4) is 0 Å². The first-order chi connectivity index (χ1) is 24.0. The molecule has 8 atom stereocenters. The Hall–Kier alpha value is -2.26. The van der Waals surface area contributed by atoms with Crippen LogP contribution >= 0.6 is 20.8 Å². The Kier molecular flexibility index (Phi) is 11.6. The van der Waals surface area contributed by atoms with E-state index in [-0.39, 0.29) is 35.9 Å². The molecular weight excluding hydrogens is 727 g/mol. The van der Waals surface area contributed by atoms with Gasteiger partial charge in [-0.15, -0.1) is 6.58 Å². The molecule has 3 aromatic carbocycles. The van der Waals surface area contributed by atoms with Crippen molar-refractivity contribution in [2.45, 2.75) is 116 Å². The van der Waals surface area contributed by atoms with Crippen molar-refractivity contribution in [2.24, 2.45) is 11.8 Å². The first-order valence-electron chi connectivity index (χ1n) is 18.1. The van der Waals surface area contributed by atoms with Gasteiger partial charge in [-0.1, -0.05) is 33.8 Å². The monoisotopic (exact) mass is 782 g/mol. The molecule has 4 saturated heterocycles. The number of carbonyl (C=O) groups excluding carboxylic acids is 1. The molecular formula is C42H56BrO7P. The second-order valence-electron chi connectivity index (χ2n) is 15.1. The van der Waals surface area contributed by atoms with Gasteiger partial charge in [0.1, 0.15) is 17.8 Å². The quantitative estimate of drug-likeness (QED) is 0.136. The van der Waals surface area contributed by atoms with Crippen LogP contribution in [0.15, 0.2) is 104 Å². The number of benzene rings is 3. The first-order valence-corrected chi connectivity index (χ1v) is 22.8. The average molecular weight is 784 g/mol. The number of hydrogen-bond acceptors (Lipinski definition) is 7. The molecule has 0 N–H and O–H groups in total. The summed E-state index contributed by atoms with van der Waals surface area (Å²) in [6.07, 6.45) is 3.57. The molecule has 4 fully saturated rings. The Labute approximate surface area is 313 Å². The van der Waals surface area contributed by atoms with Crippen LogP contribution in [-0.4, -0.2) is 60.5 Å². The van der Waals surface area contributed by atoms with Crippen LogP contribution in [0.5, 0.6) is 0 Å². The zero-order chi connectivity index (χ0) is 37.3. The molecule has 0 saturated carbocycles. The Morgan fingerprint density at radius 1 is 0.627 bits per heavy atom. The topological polar surface area (TPSA) is 72.5 Å². The van der Waals surface area contributed by atoms with Crippen molar-refractivity contribution in [2.75, 3.05) is 6.66 Å². The third-order valence-electron chi connectivity index (χ3n) is 11.1. The van der Waals surface area contributed by atoms with Gasteiger partial charge in [0.25, 0.3) is 0 Å². The van der Waals surface area contributed by atoms with Crippen LogP contribution in [0.3, 0.4) is 0 Å². The van der Waals surface area contributed by atoms with Crippen LogP contribution in [0.2, 0.25) is 0 Å². The molecule has 4 aliphatic heterocycles. The third kappa shape index (κ3) is 7.46. The van der Waals surface area contributed by atoms with Crippen molar-refractivity contribution in [1.82, 2.24) is 0 Å². The minimum atomic E-state index is -2.56. The van der Waals surface area contributed by atoms with Gasteiger partial charge < -0.3 is 33.2 Å². The zero-order valence-corrected chi connectivity index (χ0v) is 34.1. The Balaban J connectivity index is 0.000000152. The molecule has 4 heterocycles. The number of aldehydes is 1. The molecule has 0 bridgehead atoms. The fourth-order valence-electron chi connectivity index (χ4n) is 7.78. The molecule has 0 amide bonds. The molecule has 9 heteroatoms. The minimum absolute atomic E-state index is 0.0259. The van der Waals surface area contributed by atoms with Crippen LogP contribution in [0.4, 0.5) is 0 Å². The number of rotatable bonds is 7. The molecule has 0 unspecified atom stereocenters. The van der Waals surface area contributed by atoms with E-state index < -0.39 is 28.8 Å². The molecule has 7 rings (SSSR count). The number of hydrogen-bond donors (Lipinski definition) is 0. The van der Waals surface area contributed by atoms with E-state index in [1.807, 2.05) is 47.6 Å². The van der Waals surface area contributed by atoms with Gasteiger partial charge in [-0.25, -0.2) is 0 Å².